The Kier molecular flexibility index (Phi) is 6.30. The lowest BCUT2D eigenvalue weighted by molar-refractivity contribution is -0.118. The smallest absolute Gasteiger partial charge is 0.142 e. The molecule has 0 fully saturated rings. The number of carbonyl (C=O) groups excluding carboxylic acids is 1. The molecule has 0 aliphatic heterocycles. The Labute approximate surface area is 113 Å². The maximum Gasteiger partial charge on any atom is 0.142 e. The maximum absolute atomic E-state index is 13.2. The summed E-state index contributed by atoms with van der Waals surface area (Å²) in [6, 6.07) is 4.94. The zero-order chi connectivity index (χ0) is 13.5. The summed E-state index contributed by atoms with van der Waals surface area (Å²) in [6.07, 6.45) is 1.60. The van der Waals surface area contributed by atoms with Gasteiger partial charge in [-0.05, 0) is 30.7 Å². The molecular weight excluding hydrogens is 253 g/mol. The van der Waals surface area contributed by atoms with E-state index < -0.39 is 5.82 Å². The highest BCUT2D eigenvalue weighted by molar-refractivity contribution is 6.30. The van der Waals surface area contributed by atoms with Crippen molar-refractivity contribution in [1.29, 1.82) is 0 Å². The van der Waals surface area contributed by atoms with E-state index in [1.807, 2.05) is 0 Å². The van der Waals surface area contributed by atoms with Gasteiger partial charge < -0.3 is 5.32 Å². The molecular formula is C14H19ClFNO. The largest absolute Gasteiger partial charge is 0.315 e. The number of benzene rings is 1. The van der Waals surface area contributed by atoms with E-state index in [1.165, 1.54) is 12.1 Å². The highest BCUT2D eigenvalue weighted by Gasteiger charge is 2.06. The van der Waals surface area contributed by atoms with E-state index in [-0.39, 0.29) is 17.2 Å². The van der Waals surface area contributed by atoms with Crippen molar-refractivity contribution in [3.63, 3.8) is 0 Å². The number of rotatable bonds is 7. The number of carbonyl (C=O) groups is 1. The summed E-state index contributed by atoms with van der Waals surface area (Å²) in [5, 5.41) is 3.34. The van der Waals surface area contributed by atoms with Crippen molar-refractivity contribution in [2.24, 2.45) is 0 Å². The van der Waals surface area contributed by atoms with Crippen LogP contribution in [-0.4, -0.2) is 18.4 Å². The first kappa shape index (κ1) is 15.1. The van der Waals surface area contributed by atoms with Crippen molar-refractivity contribution in [3.05, 3.63) is 34.6 Å². The summed E-state index contributed by atoms with van der Waals surface area (Å²) in [4.78, 5) is 11.7. The summed E-state index contributed by atoms with van der Waals surface area (Å²) < 4.78 is 13.2. The lowest BCUT2D eigenvalue weighted by Crippen LogP contribution is -2.24. The van der Waals surface area contributed by atoms with Crippen molar-refractivity contribution in [2.75, 3.05) is 6.54 Å². The molecule has 1 rings (SSSR count). The van der Waals surface area contributed by atoms with E-state index in [9.17, 15) is 9.18 Å². The highest BCUT2D eigenvalue weighted by atomic mass is 35.5. The quantitative estimate of drug-likeness (QED) is 0.771. The van der Waals surface area contributed by atoms with Crippen LogP contribution in [0.5, 0.6) is 0 Å². The molecule has 18 heavy (non-hydrogen) atoms. The first-order valence-corrected chi connectivity index (χ1v) is 6.56. The van der Waals surface area contributed by atoms with Crippen molar-refractivity contribution < 1.29 is 9.18 Å². The summed E-state index contributed by atoms with van der Waals surface area (Å²) in [6.45, 7) is 4.97. The molecule has 0 spiro atoms. The van der Waals surface area contributed by atoms with Gasteiger partial charge in [0.2, 0.25) is 0 Å². The second-order valence-electron chi connectivity index (χ2n) is 4.68. The highest BCUT2D eigenvalue weighted by Crippen LogP contribution is 2.16. The Balaban J connectivity index is 2.33. The summed E-state index contributed by atoms with van der Waals surface area (Å²) in [7, 11) is 0. The number of hydrogen-bond donors (Lipinski definition) is 1. The molecule has 0 aliphatic carbocycles. The van der Waals surface area contributed by atoms with Crippen LogP contribution in [0.4, 0.5) is 4.39 Å². The number of Topliss-reactive ketones (excluding diaryl/α,β-unsaturated/α-hetero) is 1. The molecule has 0 aromatic heterocycles. The zero-order valence-corrected chi connectivity index (χ0v) is 11.6. The molecule has 1 aromatic rings. The second-order valence-corrected chi connectivity index (χ2v) is 5.08. The first-order chi connectivity index (χ1) is 8.49. The van der Waals surface area contributed by atoms with Crippen LogP contribution in [0.15, 0.2) is 18.2 Å². The molecule has 0 unspecified atom stereocenters. The Morgan fingerprint density at radius 1 is 1.44 bits per heavy atom. The van der Waals surface area contributed by atoms with Crippen LogP contribution >= 0.6 is 11.6 Å². The van der Waals surface area contributed by atoms with Crippen molar-refractivity contribution in [2.45, 2.75) is 39.2 Å². The summed E-state index contributed by atoms with van der Waals surface area (Å²) in [5.74, 6) is -0.342. The van der Waals surface area contributed by atoms with Crippen LogP contribution < -0.4 is 5.32 Å². The monoisotopic (exact) mass is 271 g/mol. The molecule has 0 amide bonds. The predicted octanol–water partition coefficient (Wildman–Crippen LogP) is 3.37. The van der Waals surface area contributed by atoms with Gasteiger partial charge in [-0.25, -0.2) is 4.39 Å². The van der Waals surface area contributed by atoms with E-state index >= 15 is 0 Å². The third-order valence-corrected chi connectivity index (χ3v) is 2.88. The Morgan fingerprint density at radius 3 is 2.78 bits per heavy atom. The van der Waals surface area contributed by atoms with Crippen LogP contribution in [0.1, 0.15) is 32.3 Å². The van der Waals surface area contributed by atoms with Crippen LogP contribution in [0.3, 0.4) is 0 Å². The Morgan fingerprint density at radius 2 is 2.17 bits per heavy atom. The van der Waals surface area contributed by atoms with Gasteiger partial charge in [0.25, 0.3) is 0 Å². The maximum atomic E-state index is 13.2. The standard InChI is InChI=1S/C14H19ClFNO/c1-10(2)17-7-3-4-12(18)8-11-5-6-13(15)14(16)9-11/h5-6,9-10,17H,3-4,7-8H2,1-2H3. The van der Waals surface area contributed by atoms with Gasteiger partial charge in [0.15, 0.2) is 0 Å². The molecule has 1 aromatic carbocycles. The summed E-state index contributed by atoms with van der Waals surface area (Å²) >= 11 is 5.58. The van der Waals surface area contributed by atoms with E-state index in [1.54, 1.807) is 6.07 Å². The zero-order valence-electron chi connectivity index (χ0n) is 10.8. The predicted molar refractivity (Wildman–Crippen MR) is 72.5 cm³/mol. The van der Waals surface area contributed by atoms with Gasteiger partial charge in [-0.1, -0.05) is 31.5 Å². The molecule has 0 radical (unpaired) electrons. The molecule has 0 heterocycles. The minimum atomic E-state index is -0.469. The molecule has 0 saturated carbocycles. The van der Waals surface area contributed by atoms with Gasteiger partial charge >= 0.3 is 0 Å². The fraction of sp³-hybridized carbons (Fsp3) is 0.500. The van der Waals surface area contributed by atoms with Gasteiger partial charge in [0, 0.05) is 18.9 Å². The average Bonchev–Trinajstić information content (AvgIpc) is 2.29. The second kappa shape index (κ2) is 7.49. The molecule has 4 heteroatoms. The number of halogens is 2. The van der Waals surface area contributed by atoms with Crippen LogP contribution in [0.2, 0.25) is 5.02 Å². The minimum Gasteiger partial charge on any atom is -0.315 e. The third kappa shape index (κ3) is 5.61. The van der Waals surface area contributed by atoms with Crippen LogP contribution in [0.25, 0.3) is 0 Å². The number of hydrogen-bond acceptors (Lipinski definition) is 2. The van der Waals surface area contributed by atoms with Crippen LogP contribution in [0, 0.1) is 5.82 Å². The SMILES string of the molecule is CC(C)NCCCC(=O)Cc1ccc(Cl)c(F)c1. The normalized spacial score (nSPS) is 10.9. The molecule has 0 saturated heterocycles. The molecule has 0 bridgehead atoms. The lowest BCUT2D eigenvalue weighted by Gasteiger charge is -2.07. The Hall–Kier alpha value is -0.930. The van der Waals surface area contributed by atoms with E-state index in [0.29, 0.717) is 18.0 Å². The number of nitrogens with one attached hydrogen (secondary N) is 1. The topological polar surface area (TPSA) is 29.1 Å². The molecule has 0 atom stereocenters. The molecule has 2 nitrogen and oxygen atoms in total. The number of ketones is 1. The van der Waals surface area contributed by atoms with Gasteiger partial charge in [0.1, 0.15) is 11.6 Å². The average molecular weight is 272 g/mol. The lowest BCUT2D eigenvalue weighted by atomic mass is 10.1. The first-order valence-electron chi connectivity index (χ1n) is 6.18. The molecule has 0 aliphatic rings. The van der Waals surface area contributed by atoms with E-state index in [0.717, 1.165) is 13.0 Å². The minimum absolute atomic E-state index is 0.0901. The fourth-order valence-electron chi connectivity index (χ4n) is 1.64. The van der Waals surface area contributed by atoms with Crippen molar-refractivity contribution >= 4 is 17.4 Å². The van der Waals surface area contributed by atoms with E-state index in [4.69, 9.17) is 11.6 Å². The fourth-order valence-corrected chi connectivity index (χ4v) is 1.76. The molecule has 1 N–H and O–H groups in total. The van der Waals surface area contributed by atoms with Crippen molar-refractivity contribution in [3.8, 4) is 0 Å². The third-order valence-electron chi connectivity index (χ3n) is 2.57. The van der Waals surface area contributed by atoms with Gasteiger partial charge in [-0.15, -0.1) is 0 Å². The molecule has 100 valence electrons. The van der Waals surface area contributed by atoms with Gasteiger partial charge in [-0.3, -0.25) is 4.79 Å². The van der Waals surface area contributed by atoms with Crippen LogP contribution in [-0.2, 0) is 11.2 Å². The van der Waals surface area contributed by atoms with E-state index in [2.05, 4.69) is 19.2 Å². The summed E-state index contributed by atoms with van der Waals surface area (Å²) in [5.41, 5.74) is 0.679. The van der Waals surface area contributed by atoms with Gasteiger partial charge in [0.05, 0.1) is 5.02 Å². The van der Waals surface area contributed by atoms with Gasteiger partial charge in [-0.2, -0.15) is 0 Å². The van der Waals surface area contributed by atoms with Crippen molar-refractivity contribution in [1.82, 2.24) is 5.32 Å². The Bertz CT molecular complexity index is 407.